The highest BCUT2D eigenvalue weighted by Crippen LogP contribution is 2.28. The fourth-order valence-electron chi connectivity index (χ4n) is 4.88. The molecule has 2 aromatic carbocycles. The minimum absolute atomic E-state index is 0.0560. The molecule has 1 saturated heterocycles. The van der Waals surface area contributed by atoms with Crippen LogP contribution in [0.15, 0.2) is 67.0 Å². The number of benzene rings is 2. The van der Waals surface area contributed by atoms with Crippen LogP contribution < -0.4 is 0 Å². The van der Waals surface area contributed by atoms with Crippen LogP contribution in [-0.2, 0) is 17.8 Å². The molecule has 0 N–H and O–H groups in total. The zero-order chi connectivity index (χ0) is 24.1. The first kappa shape index (κ1) is 23.7. The van der Waals surface area contributed by atoms with Crippen LogP contribution in [0.1, 0.15) is 39.9 Å². The maximum absolute atomic E-state index is 13.2. The summed E-state index contributed by atoms with van der Waals surface area (Å²) < 4.78 is 1.67. The van der Waals surface area contributed by atoms with Crippen molar-refractivity contribution < 1.29 is 9.59 Å². The van der Waals surface area contributed by atoms with E-state index in [0.717, 1.165) is 30.4 Å². The maximum Gasteiger partial charge on any atom is 0.253 e. The van der Waals surface area contributed by atoms with Gasteiger partial charge in [-0.15, -0.1) is 0 Å². The Morgan fingerprint density at radius 1 is 1.03 bits per heavy atom. The summed E-state index contributed by atoms with van der Waals surface area (Å²) in [6, 6.07) is 18.1. The predicted molar refractivity (Wildman–Crippen MR) is 133 cm³/mol. The van der Waals surface area contributed by atoms with E-state index in [1.165, 1.54) is 11.1 Å². The van der Waals surface area contributed by atoms with Crippen LogP contribution in [0.5, 0.6) is 0 Å². The van der Waals surface area contributed by atoms with Gasteiger partial charge in [0.25, 0.3) is 5.91 Å². The SMILES string of the molecule is Cc1ccc(C(=O)N2CCC([C@H](Cc3ccccc3C)N(C)C(=O)Cn3cccn3)CC2)cc1. The number of hydrogen-bond acceptors (Lipinski definition) is 3. The first-order valence-electron chi connectivity index (χ1n) is 12.1. The number of likely N-dealkylation sites (tertiary alicyclic amines) is 1. The van der Waals surface area contributed by atoms with Crippen LogP contribution in [0.2, 0.25) is 0 Å². The van der Waals surface area contributed by atoms with Crippen LogP contribution in [0.4, 0.5) is 0 Å². The van der Waals surface area contributed by atoms with Gasteiger partial charge in [0, 0.05) is 44.1 Å². The summed E-state index contributed by atoms with van der Waals surface area (Å²) >= 11 is 0. The monoisotopic (exact) mass is 458 g/mol. The fraction of sp³-hybridized carbons (Fsp3) is 0.393. The van der Waals surface area contributed by atoms with E-state index in [4.69, 9.17) is 0 Å². The third kappa shape index (κ3) is 5.56. The largest absolute Gasteiger partial charge is 0.341 e. The number of amides is 2. The Balaban J connectivity index is 1.47. The average molecular weight is 459 g/mol. The number of carbonyl (C=O) groups excluding carboxylic acids is 2. The molecular weight excluding hydrogens is 424 g/mol. The summed E-state index contributed by atoms with van der Waals surface area (Å²) in [5.74, 6) is 0.478. The van der Waals surface area contributed by atoms with Gasteiger partial charge >= 0.3 is 0 Å². The van der Waals surface area contributed by atoms with Crippen molar-refractivity contribution in [1.29, 1.82) is 0 Å². The van der Waals surface area contributed by atoms with Gasteiger partial charge in [0.05, 0.1) is 0 Å². The number of carbonyl (C=O) groups is 2. The zero-order valence-corrected chi connectivity index (χ0v) is 20.4. The third-order valence-corrected chi connectivity index (χ3v) is 7.11. The van der Waals surface area contributed by atoms with Crippen LogP contribution in [0.25, 0.3) is 0 Å². The Bertz CT molecular complexity index is 1100. The standard InChI is InChI=1S/C28H34N4O2/c1-21-9-11-24(12-10-21)28(34)31-17-13-23(14-18-31)26(19-25-8-5-4-7-22(25)2)30(3)27(33)20-32-16-6-15-29-32/h4-12,15-16,23,26H,13-14,17-20H2,1-3H3/t26-/m0/s1. The molecule has 0 bridgehead atoms. The number of hydrogen-bond donors (Lipinski definition) is 0. The highest BCUT2D eigenvalue weighted by atomic mass is 16.2. The third-order valence-electron chi connectivity index (χ3n) is 7.11. The molecule has 0 aliphatic carbocycles. The van der Waals surface area contributed by atoms with E-state index < -0.39 is 0 Å². The molecule has 1 aromatic heterocycles. The Hall–Kier alpha value is -3.41. The smallest absolute Gasteiger partial charge is 0.253 e. The molecule has 6 nitrogen and oxygen atoms in total. The molecular formula is C28H34N4O2. The molecule has 2 heterocycles. The van der Waals surface area contributed by atoms with Crippen molar-refractivity contribution in [2.45, 2.75) is 45.7 Å². The molecule has 1 atom stereocenters. The van der Waals surface area contributed by atoms with E-state index in [0.29, 0.717) is 19.0 Å². The van der Waals surface area contributed by atoms with Gasteiger partial charge in [0.15, 0.2) is 0 Å². The molecule has 0 saturated carbocycles. The summed E-state index contributed by atoms with van der Waals surface area (Å²) in [5, 5.41) is 4.20. The van der Waals surface area contributed by atoms with Crippen LogP contribution in [0.3, 0.4) is 0 Å². The number of nitrogens with zero attached hydrogens (tertiary/aromatic N) is 4. The molecule has 0 radical (unpaired) electrons. The van der Waals surface area contributed by atoms with E-state index in [9.17, 15) is 9.59 Å². The minimum Gasteiger partial charge on any atom is -0.341 e. The lowest BCUT2D eigenvalue weighted by Crippen LogP contribution is -2.49. The lowest BCUT2D eigenvalue weighted by Gasteiger charge is -2.40. The zero-order valence-electron chi connectivity index (χ0n) is 20.4. The molecule has 34 heavy (non-hydrogen) atoms. The Labute approximate surface area is 202 Å². The highest BCUT2D eigenvalue weighted by molar-refractivity contribution is 5.94. The lowest BCUT2D eigenvalue weighted by atomic mass is 9.84. The van der Waals surface area contributed by atoms with Crippen LogP contribution in [-0.4, -0.2) is 57.6 Å². The molecule has 0 spiro atoms. The highest BCUT2D eigenvalue weighted by Gasteiger charge is 2.33. The van der Waals surface area contributed by atoms with Gasteiger partial charge in [0.2, 0.25) is 5.91 Å². The Morgan fingerprint density at radius 2 is 1.74 bits per heavy atom. The van der Waals surface area contributed by atoms with E-state index in [-0.39, 0.29) is 24.4 Å². The number of aromatic nitrogens is 2. The molecule has 0 unspecified atom stereocenters. The molecule has 1 fully saturated rings. The van der Waals surface area contributed by atoms with Gasteiger partial charge in [-0.3, -0.25) is 14.3 Å². The summed E-state index contributed by atoms with van der Waals surface area (Å²) in [6.07, 6.45) is 6.09. The van der Waals surface area contributed by atoms with Gasteiger partial charge in [-0.05, 0) is 68.4 Å². The summed E-state index contributed by atoms with van der Waals surface area (Å²) in [7, 11) is 1.92. The van der Waals surface area contributed by atoms with Gasteiger partial charge < -0.3 is 9.80 Å². The maximum atomic E-state index is 13.2. The molecule has 3 aromatic rings. The van der Waals surface area contributed by atoms with E-state index in [2.05, 4.69) is 36.3 Å². The fourth-order valence-corrected chi connectivity index (χ4v) is 4.88. The molecule has 4 rings (SSSR count). The first-order chi connectivity index (χ1) is 16.4. The van der Waals surface area contributed by atoms with Crippen molar-refractivity contribution in [3.63, 3.8) is 0 Å². The van der Waals surface area contributed by atoms with Crippen molar-refractivity contribution in [3.05, 3.63) is 89.2 Å². The van der Waals surface area contributed by atoms with E-state index in [1.807, 2.05) is 60.3 Å². The normalized spacial score (nSPS) is 15.2. The van der Waals surface area contributed by atoms with Gasteiger partial charge in [0.1, 0.15) is 6.54 Å². The number of likely N-dealkylation sites (N-methyl/N-ethyl adjacent to an activating group) is 1. The minimum atomic E-state index is 0.0560. The van der Waals surface area contributed by atoms with Crippen molar-refractivity contribution in [3.8, 4) is 0 Å². The van der Waals surface area contributed by atoms with E-state index in [1.54, 1.807) is 10.9 Å². The second kappa shape index (κ2) is 10.7. The first-order valence-corrected chi connectivity index (χ1v) is 12.1. The van der Waals surface area contributed by atoms with Crippen molar-refractivity contribution in [2.75, 3.05) is 20.1 Å². The predicted octanol–water partition coefficient (Wildman–Crippen LogP) is 4.12. The molecule has 6 heteroatoms. The molecule has 2 amide bonds. The molecule has 1 aliphatic heterocycles. The summed E-state index contributed by atoms with van der Waals surface area (Å²) in [6.45, 7) is 5.81. The second-order valence-electron chi connectivity index (χ2n) is 9.40. The number of piperidine rings is 1. The second-order valence-corrected chi connectivity index (χ2v) is 9.40. The number of rotatable bonds is 7. The van der Waals surface area contributed by atoms with Crippen molar-refractivity contribution in [2.24, 2.45) is 5.92 Å². The topological polar surface area (TPSA) is 58.4 Å². The molecule has 1 aliphatic rings. The Kier molecular flexibility index (Phi) is 7.46. The number of aryl methyl sites for hydroxylation is 2. The molecule has 178 valence electrons. The van der Waals surface area contributed by atoms with Crippen LogP contribution >= 0.6 is 0 Å². The van der Waals surface area contributed by atoms with E-state index >= 15 is 0 Å². The average Bonchev–Trinajstić information content (AvgIpc) is 3.36. The lowest BCUT2D eigenvalue weighted by molar-refractivity contribution is -0.134. The van der Waals surface area contributed by atoms with Crippen molar-refractivity contribution >= 4 is 11.8 Å². The quantitative estimate of drug-likeness (QED) is 0.535. The summed E-state index contributed by atoms with van der Waals surface area (Å²) in [5.41, 5.74) is 4.40. The van der Waals surface area contributed by atoms with Gasteiger partial charge in [-0.25, -0.2) is 0 Å². The van der Waals surface area contributed by atoms with Crippen LogP contribution in [0, 0.1) is 19.8 Å². The Morgan fingerprint density at radius 3 is 2.38 bits per heavy atom. The van der Waals surface area contributed by atoms with Gasteiger partial charge in [-0.1, -0.05) is 42.0 Å². The van der Waals surface area contributed by atoms with Crippen molar-refractivity contribution in [1.82, 2.24) is 19.6 Å². The summed E-state index contributed by atoms with van der Waals surface area (Å²) in [4.78, 5) is 30.0. The van der Waals surface area contributed by atoms with Gasteiger partial charge in [-0.2, -0.15) is 5.10 Å².